The van der Waals surface area contributed by atoms with Crippen LogP contribution in [0.5, 0.6) is 5.88 Å². The third-order valence-electron chi connectivity index (χ3n) is 2.43. The Bertz CT molecular complexity index is 415. The number of hydrogen-bond acceptors (Lipinski definition) is 3. The van der Waals surface area contributed by atoms with E-state index in [1.807, 2.05) is 6.07 Å². The number of aromatic nitrogens is 1. The largest absolute Gasteiger partial charge is 0.496 e. The number of halogens is 1. The lowest BCUT2D eigenvalue weighted by Crippen LogP contribution is -2.06. The minimum atomic E-state index is 0.451. The van der Waals surface area contributed by atoms with Crippen molar-refractivity contribution in [1.82, 2.24) is 4.98 Å². The van der Waals surface area contributed by atoms with E-state index in [1.165, 1.54) is 0 Å². The van der Waals surface area contributed by atoms with Crippen molar-refractivity contribution in [3.05, 3.63) is 28.6 Å². The normalized spacial score (nSPS) is 13.9. The van der Waals surface area contributed by atoms with Gasteiger partial charge in [0.15, 0.2) is 0 Å². The number of allylic oxidation sites excluding steroid dienone is 1. The molecule has 1 aromatic heterocycles. The third-order valence-corrected chi connectivity index (χ3v) is 2.62. The second kappa shape index (κ2) is 4.11. The van der Waals surface area contributed by atoms with Crippen LogP contribution >= 0.6 is 11.6 Å². The summed E-state index contributed by atoms with van der Waals surface area (Å²) in [5, 5.41) is 0.451. The molecule has 80 valence electrons. The molecule has 15 heavy (non-hydrogen) atoms. The molecule has 0 aromatic carbocycles. The van der Waals surface area contributed by atoms with Crippen LogP contribution < -0.4 is 4.74 Å². The van der Waals surface area contributed by atoms with E-state index in [9.17, 15) is 0 Å². The summed E-state index contributed by atoms with van der Waals surface area (Å²) in [6, 6.07) is 1.86. The molecule has 0 N–H and O–H groups in total. The predicted octanol–water partition coefficient (Wildman–Crippen LogP) is 3.02. The van der Waals surface area contributed by atoms with E-state index in [4.69, 9.17) is 21.1 Å². The first-order valence-corrected chi connectivity index (χ1v) is 5.18. The zero-order valence-electron chi connectivity index (χ0n) is 8.71. The molecule has 1 aliphatic rings. The maximum Gasteiger partial charge on any atom is 0.221 e. The summed E-state index contributed by atoms with van der Waals surface area (Å²) >= 11 is 5.92. The molecule has 0 aliphatic carbocycles. The maximum atomic E-state index is 5.92. The van der Waals surface area contributed by atoms with Crippen LogP contribution in [-0.4, -0.2) is 12.1 Å². The van der Waals surface area contributed by atoms with Crippen molar-refractivity contribution in [2.24, 2.45) is 0 Å². The third kappa shape index (κ3) is 1.79. The van der Waals surface area contributed by atoms with Gasteiger partial charge in [0, 0.05) is 0 Å². The maximum absolute atomic E-state index is 5.92. The lowest BCUT2D eigenvalue weighted by Gasteiger charge is -2.19. The molecule has 1 aromatic rings. The van der Waals surface area contributed by atoms with Gasteiger partial charge in [0.25, 0.3) is 0 Å². The van der Waals surface area contributed by atoms with E-state index >= 15 is 0 Å². The highest BCUT2D eigenvalue weighted by Crippen LogP contribution is 2.33. The molecule has 0 spiro atoms. The first-order chi connectivity index (χ1) is 7.26. The van der Waals surface area contributed by atoms with Gasteiger partial charge in [0.2, 0.25) is 5.88 Å². The van der Waals surface area contributed by atoms with Gasteiger partial charge in [0.05, 0.1) is 18.9 Å². The molecule has 0 saturated heterocycles. The van der Waals surface area contributed by atoms with E-state index in [1.54, 1.807) is 13.4 Å². The highest BCUT2D eigenvalue weighted by Gasteiger charge is 2.18. The average molecular weight is 226 g/mol. The lowest BCUT2D eigenvalue weighted by molar-refractivity contribution is 0.225. The highest BCUT2D eigenvalue weighted by molar-refractivity contribution is 6.29. The van der Waals surface area contributed by atoms with Crippen LogP contribution in [-0.2, 0) is 11.3 Å². The molecular weight excluding hydrogens is 214 g/mol. The van der Waals surface area contributed by atoms with Crippen molar-refractivity contribution in [1.29, 1.82) is 0 Å². The Morgan fingerprint density at radius 1 is 1.60 bits per heavy atom. The van der Waals surface area contributed by atoms with E-state index in [-0.39, 0.29) is 0 Å². The number of methoxy groups -OCH3 is 1. The number of nitrogens with zero attached hydrogens (tertiary/aromatic N) is 1. The summed E-state index contributed by atoms with van der Waals surface area (Å²) in [5.74, 6) is 0.552. The fourth-order valence-corrected chi connectivity index (χ4v) is 1.86. The van der Waals surface area contributed by atoms with E-state index in [0.717, 1.165) is 23.1 Å². The minimum absolute atomic E-state index is 0.451. The second-order valence-electron chi connectivity index (χ2n) is 3.29. The van der Waals surface area contributed by atoms with Gasteiger partial charge in [-0.25, -0.2) is 4.98 Å². The van der Waals surface area contributed by atoms with Gasteiger partial charge in [-0.15, -0.1) is 0 Å². The van der Waals surface area contributed by atoms with Crippen molar-refractivity contribution < 1.29 is 9.47 Å². The summed E-state index contributed by atoms with van der Waals surface area (Å²) in [5.41, 5.74) is 3.18. The summed E-state index contributed by atoms with van der Waals surface area (Å²) in [6.45, 7) is 2.57. The van der Waals surface area contributed by atoms with Gasteiger partial charge >= 0.3 is 0 Å². The molecule has 1 aliphatic heterocycles. The molecule has 4 heteroatoms. The summed E-state index contributed by atoms with van der Waals surface area (Å²) in [7, 11) is 1.59. The zero-order chi connectivity index (χ0) is 10.8. The van der Waals surface area contributed by atoms with Gasteiger partial charge < -0.3 is 9.47 Å². The van der Waals surface area contributed by atoms with Gasteiger partial charge in [0.1, 0.15) is 11.8 Å². The van der Waals surface area contributed by atoms with E-state index in [2.05, 4.69) is 11.9 Å². The van der Waals surface area contributed by atoms with Gasteiger partial charge in [-0.05, 0) is 23.6 Å². The summed E-state index contributed by atoms with van der Waals surface area (Å²) < 4.78 is 10.5. The van der Waals surface area contributed by atoms with Crippen LogP contribution in [0.2, 0.25) is 5.15 Å². The molecule has 3 nitrogen and oxygen atoms in total. The van der Waals surface area contributed by atoms with Crippen LogP contribution in [0.1, 0.15) is 24.5 Å². The van der Waals surface area contributed by atoms with Gasteiger partial charge in [-0.2, -0.15) is 0 Å². The highest BCUT2D eigenvalue weighted by atomic mass is 35.5. The van der Waals surface area contributed by atoms with Gasteiger partial charge in [-0.3, -0.25) is 0 Å². The van der Waals surface area contributed by atoms with Crippen LogP contribution in [0.4, 0.5) is 0 Å². The topological polar surface area (TPSA) is 31.4 Å². The summed E-state index contributed by atoms with van der Waals surface area (Å²) in [4.78, 5) is 4.11. The van der Waals surface area contributed by atoms with Crippen molar-refractivity contribution in [2.45, 2.75) is 20.0 Å². The Morgan fingerprint density at radius 2 is 2.40 bits per heavy atom. The van der Waals surface area contributed by atoms with Gasteiger partial charge in [-0.1, -0.05) is 18.5 Å². The Balaban J connectivity index is 2.58. The molecule has 0 bridgehead atoms. The smallest absolute Gasteiger partial charge is 0.221 e. The first-order valence-electron chi connectivity index (χ1n) is 4.80. The molecular formula is C11H12ClNO2. The Labute approximate surface area is 93.7 Å². The fraction of sp³-hybridized carbons (Fsp3) is 0.364. The Morgan fingerprint density at radius 3 is 3.07 bits per heavy atom. The SMILES string of the molecule is CCC1=COCc2c1cc(Cl)nc2OC. The molecule has 0 unspecified atom stereocenters. The van der Waals surface area contributed by atoms with Crippen LogP contribution in [0.3, 0.4) is 0 Å². The minimum Gasteiger partial charge on any atom is -0.496 e. The molecule has 2 rings (SSSR count). The molecule has 0 amide bonds. The first kappa shape index (κ1) is 10.3. The van der Waals surface area contributed by atoms with Crippen LogP contribution in [0.15, 0.2) is 12.3 Å². The second-order valence-corrected chi connectivity index (χ2v) is 3.68. The predicted molar refractivity (Wildman–Crippen MR) is 58.9 cm³/mol. The molecule has 0 fully saturated rings. The number of ether oxygens (including phenoxy) is 2. The molecule has 2 heterocycles. The Hall–Kier alpha value is -1.22. The number of hydrogen-bond donors (Lipinski definition) is 0. The fourth-order valence-electron chi connectivity index (χ4n) is 1.68. The summed E-state index contributed by atoms with van der Waals surface area (Å²) in [6.07, 6.45) is 2.68. The number of pyridine rings is 1. The lowest BCUT2D eigenvalue weighted by atomic mass is 9.99. The van der Waals surface area contributed by atoms with Crippen LogP contribution in [0.25, 0.3) is 5.57 Å². The van der Waals surface area contributed by atoms with Crippen LogP contribution in [0, 0.1) is 0 Å². The molecule has 0 saturated carbocycles. The zero-order valence-corrected chi connectivity index (χ0v) is 9.47. The number of rotatable bonds is 2. The van der Waals surface area contributed by atoms with Crippen molar-refractivity contribution in [3.8, 4) is 5.88 Å². The van der Waals surface area contributed by atoms with Crippen molar-refractivity contribution >= 4 is 17.2 Å². The quantitative estimate of drug-likeness (QED) is 0.725. The molecule has 0 atom stereocenters. The van der Waals surface area contributed by atoms with E-state index < -0.39 is 0 Å². The molecule has 0 radical (unpaired) electrons. The van der Waals surface area contributed by atoms with Crippen molar-refractivity contribution in [3.63, 3.8) is 0 Å². The monoisotopic (exact) mass is 225 g/mol. The number of fused-ring (bicyclic) bond motifs is 1. The standard InChI is InChI=1S/C11H12ClNO2/c1-3-7-5-15-6-9-8(7)4-10(12)13-11(9)14-2/h4-5H,3,6H2,1-2H3. The van der Waals surface area contributed by atoms with E-state index in [0.29, 0.717) is 17.6 Å². The Kier molecular flexibility index (Phi) is 2.82. The average Bonchev–Trinajstić information content (AvgIpc) is 2.27. The van der Waals surface area contributed by atoms with Crippen molar-refractivity contribution in [2.75, 3.05) is 7.11 Å².